The Morgan fingerprint density at radius 1 is 1.22 bits per heavy atom. The molecule has 3 nitrogen and oxygen atoms in total. The highest BCUT2D eigenvalue weighted by atomic mass is 35.5. The second-order valence-electron chi connectivity index (χ2n) is 4.43. The second-order valence-corrected chi connectivity index (χ2v) is 6.98. The minimum absolute atomic E-state index is 0.0361. The molecule has 102 valence electrons. The third-order valence-electron chi connectivity index (χ3n) is 2.49. The minimum Gasteiger partial charge on any atom is -0.212 e. The number of rotatable bonds is 6. The average Bonchev–Trinajstić information content (AvgIpc) is 2.28. The first-order valence-electron chi connectivity index (χ1n) is 5.65. The highest BCUT2D eigenvalue weighted by Gasteiger charge is 2.18. The number of benzene rings is 1. The molecule has 0 aromatic heterocycles. The number of alkyl halides is 1. The van der Waals surface area contributed by atoms with Crippen LogP contribution in [0.2, 0.25) is 5.02 Å². The molecule has 1 N–H and O–H groups in total. The fourth-order valence-electron chi connectivity index (χ4n) is 1.56. The molecule has 18 heavy (non-hydrogen) atoms. The van der Waals surface area contributed by atoms with Gasteiger partial charge in [0.1, 0.15) is 0 Å². The Balaban J connectivity index is 2.69. The smallest absolute Gasteiger partial charge is 0.212 e. The molecule has 0 aliphatic heterocycles. The predicted molar refractivity (Wildman–Crippen MR) is 76.7 cm³/mol. The number of nitrogens with one attached hydrogen (secondary N) is 1. The van der Waals surface area contributed by atoms with E-state index in [1.54, 1.807) is 38.1 Å². The molecule has 0 bridgehead atoms. The Bertz CT molecular complexity index is 473. The summed E-state index contributed by atoms with van der Waals surface area (Å²) in [5.74, 6) is 0.298. The lowest BCUT2D eigenvalue weighted by atomic mass is 10.1. The Morgan fingerprint density at radius 2 is 1.78 bits per heavy atom. The lowest BCUT2D eigenvalue weighted by Crippen LogP contribution is -2.31. The van der Waals surface area contributed by atoms with Crippen LogP contribution in [0.15, 0.2) is 24.3 Å². The van der Waals surface area contributed by atoms with Gasteiger partial charge in [-0.2, -0.15) is 0 Å². The van der Waals surface area contributed by atoms with Gasteiger partial charge in [-0.3, -0.25) is 0 Å². The van der Waals surface area contributed by atoms with Crippen molar-refractivity contribution >= 4 is 33.2 Å². The number of hydrogen-bond acceptors (Lipinski definition) is 2. The Morgan fingerprint density at radius 3 is 2.28 bits per heavy atom. The molecule has 0 saturated carbocycles. The summed E-state index contributed by atoms with van der Waals surface area (Å²) in [6, 6.07) is 6.81. The molecule has 0 aliphatic carbocycles. The average molecular weight is 310 g/mol. The van der Waals surface area contributed by atoms with Gasteiger partial charge in [0.15, 0.2) is 0 Å². The molecule has 0 heterocycles. The van der Waals surface area contributed by atoms with E-state index in [-0.39, 0.29) is 17.7 Å². The molecule has 1 rings (SSSR count). The standard InChI is InChI=1S/C12H17Cl2NO2S/c1-9(7-13)8-18(16,17)15-10(2)11-3-5-12(14)6-4-11/h3-6,9-10,15H,7-8H2,1-2H3. The second kappa shape index (κ2) is 6.75. The summed E-state index contributed by atoms with van der Waals surface area (Å²) in [5.41, 5.74) is 0.876. The number of sulfonamides is 1. The molecule has 0 spiro atoms. The molecule has 1 aromatic rings. The first kappa shape index (κ1) is 15.8. The topological polar surface area (TPSA) is 46.2 Å². The third-order valence-corrected chi connectivity index (χ3v) is 4.99. The summed E-state index contributed by atoms with van der Waals surface area (Å²) in [7, 11) is -3.32. The predicted octanol–water partition coefficient (Wildman–Crippen LogP) is 3.20. The zero-order valence-electron chi connectivity index (χ0n) is 10.4. The van der Waals surface area contributed by atoms with Crippen LogP contribution in [0.5, 0.6) is 0 Å². The van der Waals surface area contributed by atoms with Crippen molar-refractivity contribution in [3.05, 3.63) is 34.9 Å². The van der Waals surface area contributed by atoms with Gasteiger partial charge in [-0.1, -0.05) is 30.7 Å². The lowest BCUT2D eigenvalue weighted by molar-refractivity contribution is 0.555. The van der Waals surface area contributed by atoms with Crippen LogP contribution >= 0.6 is 23.2 Å². The maximum Gasteiger partial charge on any atom is 0.212 e. The summed E-state index contributed by atoms with van der Waals surface area (Å²) >= 11 is 11.4. The Kier molecular flexibility index (Phi) is 5.92. The lowest BCUT2D eigenvalue weighted by Gasteiger charge is -2.16. The van der Waals surface area contributed by atoms with E-state index in [1.807, 2.05) is 0 Å². The van der Waals surface area contributed by atoms with Gasteiger partial charge in [-0.25, -0.2) is 13.1 Å². The molecule has 2 atom stereocenters. The number of hydrogen-bond donors (Lipinski definition) is 1. The highest BCUT2D eigenvalue weighted by Crippen LogP contribution is 2.17. The maximum atomic E-state index is 11.9. The molecule has 6 heteroatoms. The van der Waals surface area contributed by atoms with Gasteiger partial charge in [0.2, 0.25) is 10.0 Å². The molecule has 2 unspecified atom stereocenters. The van der Waals surface area contributed by atoms with Crippen LogP contribution in [0.1, 0.15) is 25.5 Å². The molecular weight excluding hydrogens is 293 g/mol. The molecular formula is C12H17Cl2NO2S. The van der Waals surface area contributed by atoms with E-state index in [1.165, 1.54) is 0 Å². The van der Waals surface area contributed by atoms with E-state index in [9.17, 15) is 8.42 Å². The minimum atomic E-state index is -3.32. The number of halogens is 2. The van der Waals surface area contributed by atoms with Crippen molar-refractivity contribution in [2.24, 2.45) is 5.92 Å². The largest absolute Gasteiger partial charge is 0.212 e. The molecule has 0 saturated heterocycles. The van der Waals surface area contributed by atoms with Crippen LogP contribution in [-0.4, -0.2) is 20.1 Å². The van der Waals surface area contributed by atoms with Gasteiger partial charge in [-0.15, -0.1) is 11.6 Å². The van der Waals surface area contributed by atoms with E-state index in [2.05, 4.69) is 4.72 Å². The van der Waals surface area contributed by atoms with Gasteiger partial charge in [0.05, 0.1) is 5.75 Å². The summed E-state index contributed by atoms with van der Waals surface area (Å²) in [6.45, 7) is 3.60. The van der Waals surface area contributed by atoms with Gasteiger partial charge >= 0.3 is 0 Å². The first-order valence-corrected chi connectivity index (χ1v) is 8.22. The van der Waals surface area contributed by atoms with Gasteiger partial charge in [-0.05, 0) is 30.5 Å². The van der Waals surface area contributed by atoms with Crippen molar-refractivity contribution in [2.45, 2.75) is 19.9 Å². The summed E-state index contributed by atoms with van der Waals surface area (Å²) in [5, 5.41) is 0.629. The van der Waals surface area contributed by atoms with Gasteiger partial charge in [0.25, 0.3) is 0 Å². The quantitative estimate of drug-likeness (QED) is 0.820. The molecule has 0 amide bonds. The summed E-state index contributed by atoms with van der Waals surface area (Å²) < 4.78 is 26.3. The Labute approximate surface area is 119 Å². The van der Waals surface area contributed by atoms with E-state index in [0.29, 0.717) is 10.9 Å². The van der Waals surface area contributed by atoms with E-state index in [0.717, 1.165) is 5.56 Å². The summed E-state index contributed by atoms with van der Waals surface area (Å²) in [4.78, 5) is 0. The zero-order chi connectivity index (χ0) is 13.8. The first-order chi connectivity index (χ1) is 8.34. The van der Waals surface area contributed by atoms with E-state index < -0.39 is 10.0 Å². The van der Waals surface area contributed by atoms with Crippen molar-refractivity contribution in [1.29, 1.82) is 0 Å². The normalized spacial score (nSPS) is 15.3. The molecule has 0 radical (unpaired) electrons. The fourth-order valence-corrected chi connectivity index (χ4v) is 3.56. The van der Waals surface area contributed by atoms with E-state index >= 15 is 0 Å². The zero-order valence-corrected chi connectivity index (χ0v) is 12.7. The highest BCUT2D eigenvalue weighted by molar-refractivity contribution is 7.89. The monoisotopic (exact) mass is 309 g/mol. The van der Waals surface area contributed by atoms with Crippen LogP contribution in [0.4, 0.5) is 0 Å². The van der Waals surface area contributed by atoms with Crippen molar-refractivity contribution in [1.82, 2.24) is 4.72 Å². The van der Waals surface area contributed by atoms with Crippen molar-refractivity contribution in [2.75, 3.05) is 11.6 Å². The van der Waals surface area contributed by atoms with Crippen LogP contribution in [0, 0.1) is 5.92 Å². The molecule has 0 aliphatic rings. The van der Waals surface area contributed by atoms with Crippen molar-refractivity contribution in [3.8, 4) is 0 Å². The fraction of sp³-hybridized carbons (Fsp3) is 0.500. The van der Waals surface area contributed by atoms with Crippen LogP contribution < -0.4 is 4.72 Å². The van der Waals surface area contributed by atoms with Crippen LogP contribution in [-0.2, 0) is 10.0 Å². The van der Waals surface area contributed by atoms with Gasteiger partial charge < -0.3 is 0 Å². The molecule has 0 fully saturated rings. The van der Waals surface area contributed by atoms with E-state index in [4.69, 9.17) is 23.2 Å². The maximum absolute atomic E-state index is 11.9. The SMILES string of the molecule is CC(CCl)CS(=O)(=O)NC(C)c1ccc(Cl)cc1. The summed E-state index contributed by atoms with van der Waals surface area (Å²) in [6.07, 6.45) is 0. The van der Waals surface area contributed by atoms with Gasteiger partial charge in [0, 0.05) is 16.9 Å². The van der Waals surface area contributed by atoms with Crippen molar-refractivity contribution < 1.29 is 8.42 Å². The third kappa shape index (κ3) is 5.14. The molecule has 1 aromatic carbocycles. The van der Waals surface area contributed by atoms with Crippen molar-refractivity contribution in [3.63, 3.8) is 0 Å². The Hall–Kier alpha value is -0.290. The van der Waals surface area contributed by atoms with Crippen LogP contribution in [0.3, 0.4) is 0 Å². The van der Waals surface area contributed by atoms with Crippen LogP contribution in [0.25, 0.3) is 0 Å².